The molecule has 0 aliphatic heterocycles. The molecule has 0 aromatic carbocycles. The van der Waals surface area contributed by atoms with Crippen molar-refractivity contribution < 1.29 is 4.74 Å². The summed E-state index contributed by atoms with van der Waals surface area (Å²) in [5, 5.41) is 0. The molecule has 0 N–H and O–H groups in total. The summed E-state index contributed by atoms with van der Waals surface area (Å²) in [5.74, 6) is 1.39. The number of hydrogen-bond acceptors (Lipinski definition) is 1. The van der Waals surface area contributed by atoms with Crippen LogP contribution in [-0.4, -0.2) is 22.5 Å². The molecule has 1 nitrogen and oxygen atoms in total. The van der Waals surface area contributed by atoms with E-state index >= 15 is 0 Å². The Morgan fingerprint density at radius 2 is 2.00 bits per heavy atom. The van der Waals surface area contributed by atoms with Crippen molar-refractivity contribution in [3.63, 3.8) is 0 Å². The third-order valence-electron chi connectivity index (χ3n) is 2.19. The third-order valence-corrected chi connectivity index (χ3v) is 4.37. The van der Waals surface area contributed by atoms with Gasteiger partial charge in [-0.1, -0.05) is 49.3 Å². The lowest BCUT2D eigenvalue weighted by Gasteiger charge is -2.25. The average Bonchev–Trinajstić information content (AvgIpc) is 2.16. The molecule has 0 heterocycles. The Bertz CT molecular complexity index is 135. The van der Waals surface area contributed by atoms with Gasteiger partial charge in [-0.15, -0.1) is 11.6 Å². The summed E-state index contributed by atoms with van der Waals surface area (Å²) >= 11 is 8.17. The molecular weight excluding hydrogens is 310 g/mol. The van der Waals surface area contributed by atoms with Crippen molar-refractivity contribution in [3.05, 3.63) is 0 Å². The van der Waals surface area contributed by atoms with Crippen LogP contribution in [0.1, 0.15) is 40.0 Å². The fourth-order valence-electron chi connectivity index (χ4n) is 1.09. The highest BCUT2D eigenvalue weighted by atomic mass is 127. The van der Waals surface area contributed by atoms with Crippen molar-refractivity contribution in [1.29, 1.82) is 0 Å². The number of hydrogen-bond donors (Lipinski definition) is 0. The second-order valence-electron chi connectivity index (χ2n) is 4.46. The van der Waals surface area contributed by atoms with E-state index in [2.05, 4.69) is 43.4 Å². The van der Waals surface area contributed by atoms with Crippen molar-refractivity contribution in [1.82, 2.24) is 0 Å². The molecule has 0 rings (SSSR count). The molecule has 0 aliphatic rings. The molecule has 0 bridgehead atoms. The summed E-state index contributed by atoms with van der Waals surface area (Å²) in [7, 11) is 0. The maximum atomic E-state index is 5.84. The van der Waals surface area contributed by atoms with Crippen LogP contribution in [0.4, 0.5) is 0 Å². The molecule has 14 heavy (non-hydrogen) atoms. The van der Waals surface area contributed by atoms with E-state index in [4.69, 9.17) is 16.3 Å². The van der Waals surface area contributed by atoms with Gasteiger partial charge in [0.2, 0.25) is 0 Å². The van der Waals surface area contributed by atoms with Gasteiger partial charge in [-0.3, -0.25) is 0 Å². The maximum Gasteiger partial charge on any atom is 0.0878 e. The van der Waals surface area contributed by atoms with Crippen LogP contribution in [-0.2, 0) is 4.74 Å². The van der Waals surface area contributed by atoms with Crippen LogP contribution in [0, 0.1) is 5.92 Å². The Hall–Kier alpha value is 0.980. The van der Waals surface area contributed by atoms with Crippen molar-refractivity contribution in [3.8, 4) is 0 Å². The van der Waals surface area contributed by atoms with E-state index in [0.717, 1.165) is 23.4 Å². The summed E-state index contributed by atoms with van der Waals surface area (Å²) < 4.78 is 6.73. The van der Waals surface area contributed by atoms with Gasteiger partial charge in [0.25, 0.3) is 0 Å². The first-order chi connectivity index (χ1) is 6.54. The van der Waals surface area contributed by atoms with Gasteiger partial charge in [0, 0.05) is 11.0 Å². The van der Waals surface area contributed by atoms with Gasteiger partial charge in [-0.05, 0) is 19.3 Å². The van der Waals surface area contributed by atoms with Gasteiger partial charge in [-0.2, -0.15) is 0 Å². The first kappa shape index (κ1) is 15.0. The Morgan fingerprint density at radius 1 is 1.36 bits per heavy atom. The second kappa shape index (κ2) is 8.17. The molecule has 0 aromatic heterocycles. The zero-order valence-corrected chi connectivity index (χ0v) is 12.4. The summed E-state index contributed by atoms with van der Waals surface area (Å²) in [5.41, 5.74) is -0.125. The second-order valence-corrected chi connectivity index (χ2v) is 5.49. The fraction of sp³-hybridized carbons (Fsp3) is 1.00. The molecule has 0 spiro atoms. The number of rotatable bonds is 8. The van der Waals surface area contributed by atoms with Crippen molar-refractivity contribution in [2.24, 2.45) is 5.92 Å². The van der Waals surface area contributed by atoms with Gasteiger partial charge in [0.1, 0.15) is 0 Å². The van der Waals surface area contributed by atoms with Crippen LogP contribution in [0.2, 0.25) is 0 Å². The highest BCUT2D eigenvalue weighted by Crippen LogP contribution is 2.17. The summed E-state index contributed by atoms with van der Waals surface area (Å²) in [6.45, 7) is 7.44. The zero-order valence-electron chi connectivity index (χ0n) is 9.48. The van der Waals surface area contributed by atoms with E-state index < -0.39 is 0 Å². The molecule has 0 saturated carbocycles. The zero-order chi connectivity index (χ0) is 11.0. The minimum atomic E-state index is -0.125. The van der Waals surface area contributed by atoms with Crippen LogP contribution in [0.15, 0.2) is 0 Å². The lowest BCUT2D eigenvalue weighted by atomic mass is 10.1. The van der Waals surface area contributed by atoms with E-state index in [1.807, 2.05) is 0 Å². The SMILES string of the molecule is CC(C)CCCCOC(C)(CCl)CI. The monoisotopic (exact) mass is 332 g/mol. The summed E-state index contributed by atoms with van der Waals surface area (Å²) in [6.07, 6.45) is 3.71. The fourth-order valence-corrected chi connectivity index (χ4v) is 2.07. The van der Waals surface area contributed by atoms with Gasteiger partial charge in [0.15, 0.2) is 0 Å². The Kier molecular flexibility index (Phi) is 8.74. The third kappa shape index (κ3) is 7.30. The lowest BCUT2D eigenvalue weighted by molar-refractivity contribution is 0.00360. The normalized spacial score (nSPS) is 15.9. The summed E-state index contributed by atoms with van der Waals surface area (Å²) in [4.78, 5) is 0. The molecule has 0 aliphatic carbocycles. The maximum absolute atomic E-state index is 5.84. The molecule has 0 saturated heterocycles. The van der Waals surface area contributed by atoms with E-state index in [-0.39, 0.29) is 5.60 Å². The predicted octanol–water partition coefficient (Wildman–Crippen LogP) is 4.26. The Labute approximate surface area is 107 Å². The summed E-state index contributed by atoms with van der Waals surface area (Å²) in [6, 6.07) is 0. The van der Waals surface area contributed by atoms with Crippen molar-refractivity contribution in [2.75, 3.05) is 16.9 Å². The number of halogens is 2. The molecule has 0 radical (unpaired) electrons. The van der Waals surface area contributed by atoms with E-state index in [9.17, 15) is 0 Å². The molecule has 3 heteroatoms. The topological polar surface area (TPSA) is 9.23 Å². The number of ether oxygens (including phenoxy) is 1. The van der Waals surface area contributed by atoms with Crippen LogP contribution in [0.3, 0.4) is 0 Å². The molecular formula is C11H22ClIO. The molecule has 1 unspecified atom stereocenters. The van der Waals surface area contributed by atoms with Gasteiger partial charge in [-0.25, -0.2) is 0 Å². The molecule has 0 fully saturated rings. The van der Waals surface area contributed by atoms with E-state index in [1.165, 1.54) is 12.8 Å². The number of alkyl halides is 2. The van der Waals surface area contributed by atoms with E-state index in [1.54, 1.807) is 0 Å². The first-order valence-corrected chi connectivity index (χ1v) is 7.36. The molecule has 0 aromatic rings. The minimum absolute atomic E-state index is 0.125. The quantitative estimate of drug-likeness (QED) is 0.366. The lowest BCUT2D eigenvalue weighted by Crippen LogP contribution is -2.33. The van der Waals surface area contributed by atoms with Crippen LogP contribution < -0.4 is 0 Å². The smallest absolute Gasteiger partial charge is 0.0878 e. The van der Waals surface area contributed by atoms with Crippen molar-refractivity contribution in [2.45, 2.75) is 45.6 Å². The first-order valence-electron chi connectivity index (χ1n) is 5.30. The van der Waals surface area contributed by atoms with Gasteiger partial charge >= 0.3 is 0 Å². The Balaban J connectivity index is 3.43. The highest BCUT2D eigenvalue weighted by molar-refractivity contribution is 14.1. The predicted molar refractivity (Wildman–Crippen MR) is 72.7 cm³/mol. The number of unbranched alkanes of at least 4 members (excludes halogenated alkanes) is 1. The molecule has 1 atom stereocenters. The van der Waals surface area contributed by atoms with Crippen LogP contribution >= 0.6 is 34.2 Å². The van der Waals surface area contributed by atoms with Gasteiger partial charge in [0.05, 0.1) is 11.5 Å². The van der Waals surface area contributed by atoms with Crippen LogP contribution in [0.5, 0.6) is 0 Å². The Morgan fingerprint density at radius 3 is 2.43 bits per heavy atom. The largest absolute Gasteiger partial charge is 0.373 e. The van der Waals surface area contributed by atoms with Crippen LogP contribution in [0.25, 0.3) is 0 Å². The van der Waals surface area contributed by atoms with Gasteiger partial charge < -0.3 is 4.74 Å². The highest BCUT2D eigenvalue weighted by Gasteiger charge is 2.21. The van der Waals surface area contributed by atoms with Crippen molar-refractivity contribution >= 4 is 34.2 Å². The van der Waals surface area contributed by atoms with E-state index in [0.29, 0.717) is 5.88 Å². The average molecular weight is 333 g/mol. The minimum Gasteiger partial charge on any atom is -0.373 e. The molecule has 86 valence electrons. The molecule has 0 amide bonds. The standard InChI is InChI=1S/C11H22ClIO/c1-10(2)6-4-5-7-14-11(3,8-12)9-13/h10H,4-9H2,1-3H3.